The van der Waals surface area contributed by atoms with E-state index in [1.54, 1.807) is 0 Å². The van der Waals surface area contributed by atoms with Crippen molar-refractivity contribution in [2.24, 2.45) is 5.92 Å². The van der Waals surface area contributed by atoms with Gasteiger partial charge in [0.2, 0.25) is 0 Å². The van der Waals surface area contributed by atoms with E-state index >= 15 is 0 Å². The van der Waals surface area contributed by atoms with Crippen LogP contribution >= 0.6 is 15.9 Å². The highest BCUT2D eigenvalue weighted by atomic mass is 79.9. The van der Waals surface area contributed by atoms with Crippen molar-refractivity contribution in [2.75, 3.05) is 19.8 Å². The summed E-state index contributed by atoms with van der Waals surface area (Å²) in [6.07, 6.45) is 8.68. The van der Waals surface area contributed by atoms with Crippen molar-refractivity contribution < 1.29 is 14.2 Å². The number of alkyl halides is 1. The van der Waals surface area contributed by atoms with E-state index in [0.717, 1.165) is 13.0 Å². The molecule has 0 radical (unpaired) electrons. The zero-order valence-corrected chi connectivity index (χ0v) is 13.6. The molecule has 0 N–H and O–H groups in total. The van der Waals surface area contributed by atoms with Gasteiger partial charge in [-0.2, -0.15) is 0 Å². The lowest BCUT2D eigenvalue weighted by Crippen LogP contribution is -2.42. The smallest absolute Gasteiger partial charge is 0.160 e. The molecule has 0 unspecified atom stereocenters. The van der Waals surface area contributed by atoms with Crippen LogP contribution in [0, 0.1) is 5.92 Å². The summed E-state index contributed by atoms with van der Waals surface area (Å²) in [5.41, 5.74) is 0. The Kier molecular flexibility index (Phi) is 7.13. The summed E-state index contributed by atoms with van der Waals surface area (Å²) < 4.78 is 17.5. The van der Waals surface area contributed by atoms with E-state index in [2.05, 4.69) is 22.9 Å². The predicted octanol–water partition coefficient (Wildman–Crippen LogP) is 3.89. The molecule has 1 saturated carbocycles. The van der Waals surface area contributed by atoms with E-state index in [-0.39, 0.29) is 12.4 Å². The molecule has 112 valence electrons. The molecule has 0 atom stereocenters. The van der Waals surface area contributed by atoms with E-state index in [9.17, 15) is 0 Å². The van der Waals surface area contributed by atoms with E-state index < -0.39 is 0 Å². The number of hydrogen-bond acceptors (Lipinski definition) is 3. The average Bonchev–Trinajstić information content (AvgIpc) is 2.45. The lowest BCUT2D eigenvalue weighted by atomic mass is 9.88. The maximum atomic E-state index is 5.86. The number of rotatable bonds is 6. The van der Waals surface area contributed by atoms with Crippen LogP contribution in [0.15, 0.2) is 0 Å². The lowest BCUT2D eigenvalue weighted by molar-refractivity contribution is -0.248. The van der Waals surface area contributed by atoms with Gasteiger partial charge in [-0.1, -0.05) is 35.7 Å². The van der Waals surface area contributed by atoms with Gasteiger partial charge in [-0.05, 0) is 32.1 Å². The maximum Gasteiger partial charge on any atom is 0.160 e. The van der Waals surface area contributed by atoms with Crippen LogP contribution in [0.4, 0.5) is 0 Å². The SMILES string of the molecule is CCCCCO[C@H]1CO[C@H]([C@H]2CC[C@H](Br)CC2)OC1. The molecule has 2 aliphatic rings. The number of ether oxygens (including phenoxy) is 3. The Balaban J connectivity index is 1.59. The van der Waals surface area contributed by atoms with Crippen molar-refractivity contribution in [3.05, 3.63) is 0 Å². The van der Waals surface area contributed by atoms with Crippen molar-refractivity contribution in [2.45, 2.75) is 69.1 Å². The van der Waals surface area contributed by atoms with Crippen LogP contribution in [-0.2, 0) is 14.2 Å². The molecule has 2 fully saturated rings. The molecule has 4 heteroatoms. The second kappa shape index (κ2) is 8.60. The molecule has 1 aliphatic carbocycles. The van der Waals surface area contributed by atoms with Crippen LogP contribution in [0.25, 0.3) is 0 Å². The molecular formula is C15H27BrO3. The Morgan fingerprint density at radius 2 is 1.74 bits per heavy atom. The van der Waals surface area contributed by atoms with E-state index in [4.69, 9.17) is 14.2 Å². The fraction of sp³-hybridized carbons (Fsp3) is 1.00. The molecule has 0 spiro atoms. The first-order valence-electron chi connectivity index (χ1n) is 7.78. The van der Waals surface area contributed by atoms with Crippen LogP contribution < -0.4 is 0 Å². The Morgan fingerprint density at radius 3 is 2.37 bits per heavy atom. The Hall–Kier alpha value is 0.360. The Labute approximate surface area is 125 Å². The first-order chi connectivity index (χ1) is 9.29. The summed E-state index contributed by atoms with van der Waals surface area (Å²) in [4.78, 5) is 0.696. The lowest BCUT2D eigenvalue weighted by Gasteiger charge is -2.36. The molecule has 0 aromatic heterocycles. The molecule has 2 rings (SSSR count). The van der Waals surface area contributed by atoms with Crippen LogP contribution in [0.2, 0.25) is 0 Å². The van der Waals surface area contributed by atoms with Crippen molar-refractivity contribution in [3.63, 3.8) is 0 Å². The maximum absolute atomic E-state index is 5.86. The van der Waals surface area contributed by atoms with Gasteiger partial charge in [-0.15, -0.1) is 0 Å². The summed E-state index contributed by atoms with van der Waals surface area (Å²) in [7, 11) is 0. The number of unbranched alkanes of at least 4 members (excludes halogenated alkanes) is 2. The molecule has 0 aromatic rings. The first kappa shape index (κ1) is 15.7. The highest BCUT2D eigenvalue weighted by Crippen LogP contribution is 2.33. The van der Waals surface area contributed by atoms with Crippen LogP contribution in [0.1, 0.15) is 51.9 Å². The molecule has 19 heavy (non-hydrogen) atoms. The molecule has 3 nitrogen and oxygen atoms in total. The van der Waals surface area contributed by atoms with E-state index in [0.29, 0.717) is 24.0 Å². The molecule has 0 amide bonds. The van der Waals surface area contributed by atoms with Crippen LogP contribution in [0.3, 0.4) is 0 Å². The fourth-order valence-electron chi connectivity index (χ4n) is 2.82. The zero-order chi connectivity index (χ0) is 13.5. The standard InChI is InChI=1S/C15H27BrO3/c1-2-3-4-9-17-14-10-18-15(19-11-14)12-5-7-13(16)8-6-12/h12-15H,2-11H2,1H3/t12-,13-,14-,15-. The van der Waals surface area contributed by atoms with Crippen LogP contribution in [-0.4, -0.2) is 37.0 Å². The topological polar surface area (TPSA) is 27.7 Å². The van der Waals surface area contributed by atoms with Gasteiger partial charge >= 0.3 is 0 Å². The number of halogens is 1. The fourth-order valence-corrected chi connectivity index (χ4v) is 3.35. The molecule has 1 heterocycles. The largest absolute Gasteiger partial charge is 0.373 e. The second-order valence-corrected chi connectivity index (χ2v) is 7.04. The minimum atomic E-state index is 0.00971. The Bertz CT molecular complexity index is 234. The second-order valence-electron chi connectivity index (χ2n) is 5.75. The van der Waals surface area contributed by atoms with Gasteiger partial charge in [-0.3, -0.25) is 0 Å². The quantitative estimate of drug-likeness (QED) is 0.544. The summed E-state index contributed by atoms with van der Waals surface area (Å²) >= 11 is 3.69. The van der Waals surface area contributed by atoms with Crippen LogP contribution in [0.5, 0.6) is 0 Å². The van der Waals surface area contributed by atoms with Gasteiger partial charge in [0.1, 0.15) is 6.10 Å². The highest BCUT2D eigenvalue weighted by Gasteiger charge is 2.32. The van der Waals surface area contributed by atoms with Crippen molar-refractivity contribution in [3.8, 4) is 0 Å². The van der Waals surface area contributed by atoms with Gasteiger partial charge in [-0.25, -0.2) is 0 Å². The predicted molar refractivity (Wildman–Crippen MR) is 79.6 cm³/mol. The first-order valence-corrected chi connectivity index (χ1v) is 8.70. The third kappa shape index (κ3) is 5.33. The van der Waals surface area contributed by atoms with Crippen molar-refractivity contribution in [1.29, 1.82) is 0 Å². The normalized spacial score (nSPS) is 36.3. The third-order valence-electron chi connectivity index (χ3n) is 4.08. The minimum absolute atomic E-state index is 0.00971. The van der Waals surface area contributed by atoms with Crippen molar-refractivity contribution in [1.82, 2.24) is 0 Å². The Morgan fingerprint density at radius 1 is 1.05 bits per heavy atom. The monoisotopic (exact) mass is 334 g/mol. The van der Waals surface area contributed by atoms with E-state index in [1.165, 1.54) is 38.5 Å². The summed E-state index contributed by atoms with van der Waals surface area (Å²) in [5.74, 6) is 0.579. The average molecular weight is 335 g/mol. The van der Waals surface area contributed by atoms with Gasteiger partial charge in [0.05, 0.1) is 13.2 Å². The molecule has 1 saturated heterocycles. The highest BCUT2D eigenvalue weighted by molar-refractivity contribution is 9.09. The zero-order valence-electron chi connectivity index (χ0n) is 12.0. The van der Waals surface area contributed by atoms with Gasteiger partial charge in [0.15, 0.2) is 6.29 Å². The van der Waals surface area contributed by atoms with E-state index in [1.807, 2.05) is 0 Å². The summed E-state index contributed by atoms with van der Waals surface area (Å²) in [6.45, 7) is 4.44. The van der Waals surface area contributed by atoms with Gasteiger partial charge in [0.25, 0.3) is 0 Å². The molecule has 1 aliphatic heterocycles. The molecule has 0 bridgehead atoms. The molecule has 0 aromatic carbocycles. The summed E-state index contributed by atoms with van der Waals surface area (Å²) in [6, 6.07) is 0. The van der Waals surface area contributed by atoms with Gasteiger partial charge in [0, 0.05) is 17.4 Å². The summed E-state index contributed by atoms with van der Waals surface area (Å²) in [5, 5.41) is 0. The molecular weight excluding hydrogens is 308 g/mol. The minimum Gasteiger partial charge on any atom is -0.373 e. The third-order valence-corrected chi connectivity index (χ3v) is 5.00. The number of hydrogen-bond donors (Lipinski definition) is 0. The van der Waals surface area contributed by atoms with Gasteiger partial charge < -0.3 is 14.2 Å². The van der Waals surface area contributed by atoms with Crippen molar-refractivity contribution >= 4 is 15.9 Å².